The van der Waals surface area contributed by atoms with Gasteiger partial charge in [0.25, 0.3) is 0 Å². The summed E-state index contributed by atoms with van der Waals surface area (Å²) < 4.78 is 5.68. The average molecular weight is 416 g/mol. The van der Waals surface area contributed by atoms with Crippen molar-refractivity contribution in [3.05, 3.63) is 77.9 Å². The number of fused-ring (bicyclic) bond motifs is 1. The first-order chi connectivity index (χ1) is 15.1. The predicted molar refractivity (Wildman–Crippen MR) is 132 cm³/mol. The van der Waals surface area contributed by atoms with Crippen LogP contribution in [0.2, 0.25) is 0 Å². The van der Waals surface area contributed by atoms with Gasteiger partial charge in [0.1, 0.15) is 5.75 Å². The van der Waals surface area contributed by atoms with Gasteiger partial charge in [0, 0.05) is 64.6 Å². The minimum atomic E-state index is 0.937. The molecule has 0 aromatic heterocycles. The molecule has 1 fully saturated rings. The summed E-state index contributed by atoms with van der Waals surface area (Å²) in [6.07, 6.45) is 4.51. The van der Waals surface area contributed by atoms with E-state index in [9.17, 15) is 0 Å². The molecule has 1 heterocycles. The molecule has 0 atom stereocenters. The summed E-state index contributed by atoms with van der Waals surface area (Å²) in [5.41, 5.74) is 3.79. The molecule has 0 N–H and O–H groups in total. The Morgan fingerprint density at radius 3 is 2.29 bits per heavy atom. The lowest BCUT2D eigenvalue weighted by Gasteiger charge is -2.34. The van der Waals surface area contributed by atoms with Gasteiger partial charge in [0.2, 0.25) is 0 Å². The summed E-state index contributed by atoms with van der Waals surface area (Å²) >= 11 is 0. The highest BCUT2D eigenvalue weighted by atomic mass is 16.5. The summed E-state index contributed by atoms with van der Waals surface area (Å²) in [6, 6.07) is 21.5. The van der Waals surface area contributed by atoms with E-state index in [1.54, 1.807) is 7.11 Å². The molecular weight excluding hydrogens is 382 g/mol. The molecule has 0 bridgehead atoms. The molecule has 0 unspecified atom stereocenters. The fraction of sp³-hybridized carbons (Fsp3) is 0.333. The molecule has 4 heteroatoms. The maximum absolute atomic E-state index is 5.68. The van der Waals surface area contributed by atoms with Crippen molar-refractivity contribution in [3.63, 3.8) is 0 Å². The maximum Gasteiger partial charge on any atom is 0.123 e. The van der Waals surface area contributed by atoms with Gasteiger partial charge in [-0.2, -0.15) is 0 Å². The summed E-state index contributed by atoms with van der Waals surface area (Å²) in [5.74, 6) is 0.990. The zero-order chi connectivity index (χ0) is 21.6. The second-order valence-electron chi connectivity index (χ2n) is 8.43. The highest BCUT2D eigenvalue weighted by Gasteiger charge is 2.18. The lowest BCUT2D eigenvalue weighted by atomic mass is 10.0. The summed E-state index contributed by atoms with van der Waals surface area (Å²) in [7, 11) is 5.91. The Bertz CT molecular complexity index is 1020. The van der Waals surface area contributed by atoms with Crippen molar-refractivity contribution < 1.29 is 4.74 Å². The zero-order valence-electron chi connectivity index (χ0n) is 18.9. The summed E-state index contributed by atoms with van der Waals surface area (Å²) in [6.45, 7) is 6.29. The third-order valence-electron chi connectivity index (χ3n) is 6.15. The molecule has 0 spiro atoms. The summed E-state index contributed by atoms with van der Waals surface area (Å²) in [5, 5.41) is 2.58. The van der Waals surface area contributed by atoms with Crippen LogP contribution in [-0.4, -0.2) is 63.7 Å². The van der Waals surface area contributed by atoms with Gasteiger partial charge in [-0.05, 0) is 34.5 Å². The number of hydrogen-bond donors (Lipinski definition) is 0. The zero-order valence-corrected chi connectivity index (χ0v) is 18.9. The van der Waals surface area contributed by atoms with E-state index < -0.39 is 0 Å². The van der Waals surface area contributed by atoms with Crippen LogP contribution in [-0.2, 0) is 6.54 Å². The third kappa shape index (κ3) is 5.27. The molecule has 1 aliphatic rings. The van der Waals surface area contributed by atoms with E-state index in [0.717, 1.165) is 45.0 Å². The van der Waals surface area contributed by atoms with E-state index in [4.69, 9.17) is 4.74 Å². The molecule has 1 saturated heterocycles. The highest BCUT2D eigenvalue weighted by molar-refractivity contribution is 5.87. The largest absolute Gasteiger partial charge is 0.496 e. The number of rotatable bonds is 7. The Morgan fingerprint density at radius 2 is 1.58 bits per heavy atom. The Morgan fingerprint density at radius 1 is 0.871 bits per heavy atom. The topological polar surface area (TPSA) is 19.0 Å². The number of benzene rings is 3. The van der Waals surface area contributed by atoms with E-state index in [0.29, 0.717) is 0 Å². The van der Waals surface area contributed by atoms with Crippen molar-refractivity contribution in [1.29, 1.82) is 0 Å². The Labute approximate surface area is 186 Å². The third-order valence-corrected chi connectivity index (χ3v) is 6.15. The Balaban J connectivity index is 1.32. The first kappa shape index (κ1) is 21.4. The van der Waals surface area contributed by atoms with Crippen LogP contribution in [0.5, 0.6) is 5.75 Å². The first-order valence-electron chi connectivity index (χ1n) is 11.1. The van der Waals surface area contributed by atoms with Crippen molar-refractivity contribution in [2.24, 2.45) is 0 Å². The van der Waals surface area contributed by atoms with Gasteiger partial charge in [-0.15, -0.1) is 0 Å². The highest BCUT2D eigenvalue weighted by Crippen LogP contribution is 2.29. The molecule has 0 aliphatic carbocycles. The average Bonchev–Trinajstić information content (AvgIpc) is 2.81. The molecule has 0 amide bonds. The number of piperazine rings is 1. The van der Waals surface area contributed by atoms with Gasteiger partial charge in [-0.3, -0.25) is 9.80 Å². The molecule has 4 nitrogen and oxygen atoms in total. The first-order valence-corrected chi connectivity index (χ1v) is 11.1. The van der Waals surface area contributed by atoms with Crippen molar-refractivity contribution in [3.8, 4) is 5.75 Å². The van der Waals surface area contributed by atoms with E-state index >= 15 is 0 Å². The van der Waals surface area contributed by atoms with E-state index in [2.05, 4.69) is 102 Å². The second kappa shape index (κ2) is 9.99. The van der Waals surface area contributed by atoms with E-state index in [1.807, 2.05) is 0 Å². The Kier molecular flexibility index (Phi) is 6.90. The minimum absolute atomic E-state index is 0.937. The van der Waals surface area contributed by atoms with Crippen LogP contribution >= 0.6 is 0 Å². The van der Waals surface area contributed by atoms with Crippen LogP contribution in [0.4, 0.5) is 5.69 Å². The SMILES string of the molecule is COc1ccc2ccccc2c1CN1CCN(C/C=C/c2ccc(N(C)C)cc2)CC1. The predicted octanol–water partition coefficient (Wildman–Crippen LogP) is 4.75. The monoisotopic (exact) mass is 415 g/mol. The molecule has 1 aliphatic heterocycles. The molecular formula is C27H33N3O. The van der Waals surface area contributed by atoms with E-state index in [1.165, 1.54) is 27.6 Å². The van der Waals surface area contributed by atoms with Crippen LogP contribution in [0, 0.1) is 0 Å². The smallest absolute Gasteiger partial charge is 0.123 e. The van der Waals surface area contributed by atoms with Crippen molar-refractivity contribution in [2.45, 2.75) is 6.54 Å². The lowest BCUT2D eigenvalue weighted by molar-refractivity contribution is 0.136. The fourth-order valence-corrected chi connectivity index (χ4v) is 4.25. The standard InChI is InChI=1S/C27H33N3O/c1-28(2)24-13-10-22(11-14-24)7-6-16-29-17-19-30(20-18-29)21-26-25-9-5-4-8-23(25)12-15-27(26)31-3/h4-15H,16-21H2,1-3H3/b7-6+. The summed E-state index contributed by atoms with van der Waals surface area (Å²) in [4.78, 5) is 7.20. The van der Waals surface area contributed by atoms with Gasteiger partial charge in [-0.25, -0.2) is 0 Å². The van der Waals surface area contributed by atoms with Crippen molar-refractivity contribution in [1.82, 2.24) is 9.80 Å². The second-order valence-corrected chi connectivity index (χ2v) is 8.43. The van der Waals surface area contributed by atoms with Crippen LogP contribution in [0.25, 0.3) is 16.8 Å². The molecule has 31 heavy (non-hydrogen) atoms. The molecule has 4 rings (SSSR count). The van der Waals surface area contributed by atoms with Crippen LogP contribution in [0.1, 0.15) is 11.1 Å². The number of hydrogen-bond acceptors (Lipinski definition) is 4. The van der Waals surface area contributed by atoms with Gasteiger partial charge in [0.05, 0.1) is 7.11 Å². The van der Waals surface area contributed by atoms with Crippen molar-refractivity contribution >= 4 is 22.5 Å². The van der Waals surface area contributed by atoms with Crippen LogP contribution in [0.3, 0.4) is 0 Å². The minimum Gasteiger partial charge on any atom is -0.496 e. The maximum atomic E-state index is 5.68. The Hall–Kier alpha value is -2.82. The van der Waals surface area contributed by atoms with Gasteiger partial charge in [-0.1, -0.05) is 54.6 Å². The van der Waals surface area contributed by atoms with Crippen LogP contribution < -0.4 is 9.64 Å². The molecule has 162 valence electrons. The molecule has 0 radical (unpaired) electrons. The lowest BCUT2D eigenvalue weighted by Crippen LogP contribution is -2.45. The number of nitrogens with zero attached hydrogens (tertiary/aromatic N) is 3. The number of methoxy groups -OCH3 is 1. The molecule has 0 saturated carbocycles. The number of ether oxygens (including phenoxy) is 1. The van der Waals surface area contributed by atoms with Crippen LogP contribution in [0.15, 0.2) is 66.7 Å². The molecule has 3 aromatic rings. The van der Waals surface area contributed by atoms with E-state index in [-0.39, 0.29) is 0 Å². The van der Waals surface area contributed by atoms with Crippen molar-refractivity contribution in [2.75, 3.05) is 58.8 Å². The fourth-order valence-electron chi connectivity index (χ4n) is 4.25. The van der Waals surface area contributed by atoms with Gasteiger partial charge in [0.15, 0.2) is 0 Å². The van der Waals surface area contributed by atoms with Gasteiger partial charge >= 0.3 is 0 Å². The molecule has 3 aromatic carbocycles. The van der Waals surface area contributed by atoms with Gasteiger partial charge < -0.3 is 9.64 Å². The normalized spacial score (nSPS) is 15.6. The quantitative estimate of drug-likeness (QED) is 0.554. The number of anilines is 1.